The number of imidazole rings is 2. The van der Waals surface area contributed by atoms with Gasteiger partial charge in [-0.25, -0.2) is 14.8 Å². The third-order valence-corrected chi connectivity index (χ3v) is 4.91. The Bertz CT molecular complexity index is 911. The first-order chi connectivity index (χ1) is 12.1. The number of nitrogens with zero attached hydrogens (tertiary/aromatic N) is 5. The van der Waals surface area contributed by atoms with Crippen LogP contribution in [0.2, 0.25) is 0 Å². The summed E-state index contributed by atoms with van der Waals surface area (Å²) >= 11 is 0. The van der Waals surface area contributed by atoms with Crippen LogP contribution in [0.15, 0.2) is 36.8 Å². The van der Waals surface area contributed by atoms with Gasteiger partial charge in [-0.05, 0) is 25.5 Å². The number of urea groups is 1. The number of rotatable bonds is 3. The number of nitrogens with one attached hydrogen (secondary N) is 1. The van der Waals surface area contributed by atoms with Crippen molar-refractivity contribution in [2.45, 2.75) is 25.8 Å². The van der Waals surface area contributed by atoms with Gasteiger partial charge in [-0.2, -0.15) is 0 Å². The van der Waals surface area contributed by atoms with Crippen LogP contribution in [0.25, 0.3) is 5.52 Å². The summed E-state index contributed by atoms with van der Waals surface area (Å²) in [5, 5.41) is 3.01. The quantitative estimate of drug-likeness (QED) is 0.795. The smallest absolute Gasteiger partial charge is 0.317 e. The summed E-state index contributed by atoms with van der Waals surface area (Å²) in [6.07, 6.45) is 6.69. The molecule has 1 N–H and O–H groups in total. The van der Waals surface area contributed by atoms with E-state index >= 15 is 0 Å². The molecule has 25 heavy (non-hydrogen) atoms. The Balaban J connectivity index is 1.40. The molecule has 0 radical (unpaired) electrons. The third-order valence-electron chi connectivity index (χ3n) is 4.91. The van der Waals surface area contributed by atoms with Crippen LogP contribution in [0.1, 0.15) is 29.7 Å². The van der Waals surface area contributed by atoms with Crippen LogP contribution in [0, 0.1) is 6.92 Å². The first kappa shape index (κ1) is 15.7. The van der Waals surface area contributed by atoms with E-state index in [0.29, 0.717) is 19.0 Å². The van der Waals surface area contributed by atoms with Crippen molar-refractivity contribution in [3.8, 4) is 0 Å². The lowest BCUT2D eigenvalue weighted by molar-refractivity contribution is 0.207. The number of amides is 2. The van der Waals surface area contributed by atoms with Crippen molar-refractivity contribution in [3.63, 3.8) is 0 Å². The molecule has 2 amide bonds. The fraction of sp³-hybridized carbons (Fsp3) is 0.389. The number of carbonyl (C=O) groups excluding carboxylic acids is 1. The molecule has 0 bridgehead atoms. The number of aryl methyl sites for hydroxylation is 2. The summed E-state index contributed by atoms with van der Waals surface area (Å²) in [6.45, 7) is 3.87. The molecule has 1 aliphatic rings. The lowest BCUT2D eigenvalue weighted by Crippen LogP contribution is -2.38. The van der Waals surface area contributed by atoms with Gasteiger partial charge in [-0.3, -0.25) is 0 Å². The van der Waals surface area contributed by atoms with Crippen LogP contribution in [-0.4, -0.2) is 43.0 Å². The maximum absolute atomic E-state index is 12.5. The van der Waals surface area contributed by atoms with Gasteiger partial charge in [0.1, 0.15) is 11.6 Å². The Labute approximate surface area is 146 Å². The molecule has 3 aromatic rings. The molecule has 1 atom stereocenters. The van der Waals surface area contributed by atoms with E-state index in [1.54, 1.807) is 0 Å². The normalized spacial score (nSPS) is 17.4. The Morgan fingerprint density at radius 3 is 3.04 bits per heavy atom. The van der Waals surface area contributed by atoms with Gasteiger partial charge in [0.25, 0.3) is 0 Å². The second-order valence-electron chi connectivity index (χ2n) is 6.55. The van der Waals surface area contributed by atoms with E-state index in [1.165, 1.54) is 0 Å². The first-order valence-corrected chi connectivity index (χ1v) is 8.56. The molecule has 4 rings (SSSR count). The summed E-state index contributed by atoms with van der Waals surface area (Å²) in [5.41, 5.74) is 1.93. The molecular formula is C18H22N6O. The van der Waals surface area contributed by atoms with Crippen molar-refractivity contribution < 1.29 is 4.79 Å². The van der Waals surface area contributed by atoms with Gasteiger partial charge in [0.2, 0.25) is 0 Å². The van der Waals surface area contributed by atoms with Crippen molar-refractivity contribution in [2.75, 3.05) is 13.1 Å². The molecule has 1 unspecified atom stereocenters. The summed E-state index contributed by atoms with van der Waals surface area (Å²) in [5.74, 6) is 2.28. The van der Waals surface area contributed by atoms with Crippen LogP contribution in [0.3, 0.4) is 0 Å². The fourth-order valence-corrected chi connectivity index (χ4v) is 3.59. The zero-order valence-corrected chi connectivity index (χ0v) is 14.5. The minimum Gasteiger partial charge on any atom is -0.338 e. The van der Waals surface area contributed by atoms with E-state index in [-0.39, 0.29) is 6.03 Å². The summed E-state index contributed by atoms with van der Waals surface area (Å²) in [7, 11) is 2.00. The molecular weight excluding hydrogens is 316 g/mol. The molecule has 4 heterocycles. The highest BCUT2D eigenvalue weighted by Gasteiger charge is 2.29. The number of likely N-dealkylation sites (tertiary alicyclic amines) is 1. The summed E-state index contributed by atoms with van der Waals surface area (Å²) in [4.78, 5) is 23.4. The average Bonchev–Trinajstić information content (AvgIpc) is 3.32. The van der Waals surface area contributed by atoms with Crippen LogP contribution < -0.4 is 5.32 Å². The van der Waals surface area contributed by atoms with Gasteiger partial charge in [-0.1, -0.05) is 6.07 Å². The van der Waals surface area contributed by atoms with Gasteiger partial charge in [0.05, 0.1) is 17.8 Å². The van der Waals surface area contributed by atoms with Crippen molar-refractivity contribution in [2.24, 2.45) is 7.05 Å². The number of aromatic nitrogens is 4. The maximum atomic E-state index is 12.5. The summed E-state index contributed by atoms with van der Waals surface area (Å²) < 4.78 is 4.07. The van der Waals surface area contributed by atoms with E-state index < -0.39 is 0 Å². The molecule has 7 nitrogen and oxygen atoms in total. The number of carbonyl (C=O) groups is 1. The number of fused-ring (bicyclic) bond motifs is 1. The van der Waals surface area contributed by atoms with E-state index in [4.69, 9.17) is 0 Å². The fourth-order valence-electron chi connectivity index (χ4n) is 3.59. The Kier molecular flexibility index (Phi) is 3.91. The Hall–Kier alpha value is -2.83. The third kappa shape index (κ3) is 2.86. The number of pyridine rings is 1. The monoisotopic (exact) mass is 338 g/mol. The van der Waals surface area contributed by atoms with Crippen molar-refractivity contribution in [1.82, 2.24) is 29.2 Å². The van der Waals surface area contributed by atoms with Gasteiger partial charge < -0.3 is 19.2 Å². The van der Waals surface area contributed by atoms with Crippen LogP contribution >= 0.6 is 0 Å². The van der Waals surface area contributed by atoms with E-state index in [1.807, 2.05) is 64.6 Å². The second-order valence-corrected chi connectivity index (χ2v) is 6.55. The maximum Gasteiger partial charge on any atom is 0.317 e. The molecule has 130 valence electrons. The Morgan fingerprint density at radius 1 is 1.36 bits per heavy atom. The van der Waals surface area contributed by atoms with Crippen molar-refractivity contribution in [3.05, 3.63) is 54.1 Å². The largest absolute Gasteiger partial charge is 0.338 e. The first-order valence-electron chi connectivity index (χ1n) is 8.56. The van der Waals surface area contributed by atoms with Crippen LogP contribution in [-0.2, 0) is 13.6 Å². The van der Waals surface area contributed by atoms with Gasteiger partial charge >= 0.3 is 6.03 Å². The van der Waals surface area contributed by atoms with Gasteiger partial charge in [0, 0.05) is 44.6 Å². The molecule has 3 aromatic heterocycles. The molecule has 1 fully saturated rings. The van der Waals surface area contributed by atoms with E-state index in [0.717, 1.165) is 35.8 Å². The van der Waals surface area contributed by atoms with Crippen LogP contribution in [0.5, 0.6) is 0 Å². The van der Waals surface area contributed by atoms with E-state index in [2.05, 4.69) is 15.3 Å². The SMILES string of the molecule is Cc1nc(CNC(=O)N2CCC(c3nccn3C)C2)c2ccccn12. The molecule has 0 aromatic carbocycles. The van der Waals surface area contributed by atoms with Crippen molar-refractivity contribution >= 4 is 11.5 Å². The molecule has 0 aliphatic carbocycles. The highest BCUT2D eigenvalue weighted by molar-refractivity contribution is 5.75. The number of hydrogen-bond acceptors (Lipinski definition) is 3. The predicted octanol–water partition coefficient (Wildman–Crippen LogP) is 2.08. The molecule has 1 saturated heterocycles. The lowest BCUT2D eigenvalue weighted by atomic mass is 10.1. The lowest BCUT2D eigenvalue weighted by Gasteiger charge is -2.17. The highest BCUT2D eigenvalue weighted by atomic mass is 16.2. The number of hydrogen-bond donors (Lipinski definition) is 1. The molecule has 0 spiro atoms. The minimum absolute atomic E-state index is 0.0357. The van der Waals surface area contributed by atoms with Gasteiger partial charge in [0.15, 0.2) is 0 Å². The highest BCUT2D eigenvalue weighted by Crippen LogP contribution is 2.25. The minimum atomic E-state index is -0.0357. The zero-order valence-electron chi connectivity index (χ0n) is 14.5. The topological polar surface area (TPSA) is 67.5 Å². The van der Waals surface area contributed by atoms with E-state index in [9.17, 15) is 4.79 Å². The van der Waals surface area contributed by atoms with Gasteiger partial charge in [-0.15, -0.1) is 0 Å². The standard InChI is InChI=1S/C18H22N6O/c1-13-21-15(16-5-3-4-8-24(13)16)11-20-18(25)23-9-6-14(12-23)17-19-7-10-22(17)2/h3-5,7-8,10,14H,6,9,11-12H2,1-2H3,(H,20,25). The van der Waals surface area contributed by atoms with Crippen molar-refractivity contribution in [1.29, 1.82) is 0 Å². The molecule has 0 saturated carbocycles. The molecule has 7 heteroatoms. The second kappa shape index (κ2) is 6.23. The average molecular weight is 338 g/mol. The Morgan fingerprint density at radius 2 is 2.24 bits per heavy atom. The zero-order chi connectivity index (χ0) is 17.4. The predicted molar refractivity (Wildman–Crippen MR) is 94.3 cm³/mol. The van der Waals surface area contributed by atoms with Crippen LogP contribution in [0.4, 0.5) is 4.79 Å². The summed E-state index contributed by atoms with van der Waals surface area (Å²) in [6, 6.07) is 5.95. The molecule has 1 aliphatic heterocycles.